The van der Waals surface area contributed by atoms with Gasteiger partial charge in [0.05, 0.1) is 19.3 Å². The summed E-state index contributed by atoms with van der Waals surface area (Å²) in [5, 5.41) is 4.49. The first-order chi connectivity index (χ1) is 11.8. The first-order valence-corrected chi connectivity index (χ1v) is 8.03. The molecule has 24 heavy (non-hydrogen) atoms. The fourth-order valence-electron chi connectivity index (χ4n) is 2.51. The van der Waals surface area contributed by atoms with Gasteiger partial charge in [0.25, 0.3) is 0 Å². The maximum absolute atomic E-state index is 5.71. The van der Waals surface area contributed by atoms with Gasteiger partial charge >= 0.3 is 0 Å². The third-order valence-electron chi connectivity index (χ3n) is 4.00. The molecule has 0 radical (unpaired) electrons. The Hall–Kier alpha value is -2.88. The lowest BCUT2D eigenvalue weighted by molar-refractivity contribution is 0.309. The monoisotopic (exact) mass is 319 g/mol. The van der Waals surface area contributed by atoms with Gasteiger partial charge in [-0.2, -0.15) is 5.10 Å². The lowest BCUT2D eigenvalue weighted by atomic mass is 10.2. The van der Waals surface area contributed by atoms with Crippen molar-refractivity contribution in [2.45, 2.75) is 19.9 Å². The summed E-state index contributed by atoms with van der Waals surface area (Å²) in [6.07, 6.45) is 6.26. The summed E-state index contributed by atoms with van der Waals surface area (Å²) in [7, 11) is 0. The van der Waals surface area contributed by atoms with E-state index in [0.29, 0.717) is 12.5 Å². The summed E-state index contributed by atoms with van der Waals surface area (Å²) < 4.78 is 7.74. The molecule has 0 bridgehead atoms. The molecule has 4 nitrogen and oxygen atoms in total. The number of hydrogen-bond donors (Lipinski definition) is 0. The van der Waals surface area contributed by atoms with Crippen molar-refractivity contribution < 1.29 is 4.74 Å². The largest absolute Gasteiger partial charge is 0.477 e. The molecule has 3 aromatic rings. The summed E-state index contributed by atoms with van der Waals surface area (Å²) in [6, 6.07) is 14.2. The molecule has 0 unspecified atom stereocenters. The maximum Gasteiger partial charge on any atom is 0.213 e. The van der Waals surface area contributed by atoms with E-state index in [1.54, 1.807) is 12.3 Å². The second kappa shape index (κ2) is 7.59. The second-order valence-corrected chi connectivity index (χ2v) is 5.63. The predicted molar refractivity (Wildman–Crippen MR) is 96.0 cm³/mol. The SMILES string of the molecule is C=Cc1ccc(OCCc2cnn(Cc3ccccc3)c2C)nc1. The van der Waals surface area contributed by atoms with E-state index >= 15 is 0 Å². The van der Waals surface area contributed by atoms with Crippen molar-refractivity contribution in [3.05, 3.63) is 83.8 Å². The van der Waals surface area contributed by atoms with Crippen LogP contribution in [0.4, 0.5) is 0 Å². The fraction of sp³-hybridized carbons (Fsp3) is 0.200. The predicted octanol–water partition coefficient (Wildman–Crippen LogP) is 3.90. The molecular formula is C20H21N3O. The Kier molecular flexibility index (Phi) is 5.06. The van der Waals surface area contributed by atoms with E-state index < -0.39 is 0 Å². The van der Waals surface area contributed by atoms with Crippen LogP contribution in [0, 0.1) is 6.92 Å². The van der Waals surface area contributed by atoms with E-state index in [1.807, 2.05) is 41.2 Å². The quantitative estimate of drug-likeness (QED) is 0.663. The molecule has 0 amide bonds. The smallest absolute Gasteiger partial charge is 0.213 e. The zero-order valence-electron chi connectivity index (χ0n) is 13.9. The molecule has 0 atom stereocenters. The Morgan fingerprint density at radius 1 is 1.12 bits per heavy atom. The summed E-state index contributed by atoms with van der Waals surface area (Å²) in [5.41, 5.74) is 4.62. The van der Waals surface area contributed by atoms with E-state index in [0.717, 1.165) is 18.5 Å². The lowest BCUT2D eigenvalue weighted by Gasteiger charge is -2.07. The van der Waals surface area contributed by atoms with Crippen LogP contribution < -0.4 is 4.74 Å². The Labute approximate surface area is 142 Å². The molecule has 2 aromatic heterocycles. The topological polar surface area (TPSA) is 39.9 Å². The average Bonchev–Trinajstić information content (AvgIpc) is 2.97. The molecule has 122 valence electrons. The minimum atomic E-state index is 0.582. The van der Waals surface area contributed by atoms with Crippen LogP contribution in [-0.2, 0) is 13.0 Å². The summed E-state index contributed by atoms with van der Waals surface area (Å²) in [5.74, 6) is 0.634. The first-order valence-electron chi connectivity index (χ1n) is 8.03. The molecule has 0 saturated carbocycles. The Morgan fingerprint density at radius 2 is 1.96 bits per heavy atom. The van der Waals surface area contributed by atoms with E-state index in [1.165, 1.54) is 16.8 Å². The summed E-state index contributed by atoms with van der Waals surface area (Å²) >= 11 is 0. The van der Waals surface area contributed by atoms with Gasteiger partial charge in [0.1, 0.15) is 0 Å². The summed E-state index contributed by atoms with van der Waals surface area (Å²) in [6.45, 7) is 7.19. The van der Waals surface area contributed by atoms with Gasteiger partial charge in [0.2, 0.25) is 5.88 Å². The number of rotatable bonds is 7. The van der Waals surface area contributed by atoms with Gasteiger partial charge in [0, 0.05) is 24.4 Å². The molecule has 3 rings (SSSR count). The average molecular weight is 319 g/mol. The van der Waals surface area contributed by atoms with Gasteiger partial charge in [0.15, 0.2) is 0 Å². The highest BCUT2D eigenvalue weighted by atomic mass is 16.5. The van der Waals surface area contributed by atoms with Crippen molar-refractivity contribution in [2.75, 3.05) is 6.61 Å². The highest BCUT2D eigenvalue weighted by molar-refractivity contribution is 5.45. The molecule has 0 N–H and O–H groups in total. The zero-order chi connectivity index (χ0) is 16.8. The number of ether oxygens (including phenoxy) is 1. The van der Waals surface area contributed by atoms with Crippen LogP contribution in [0.25, 0.3) is 6.08 Å². The third kappa shape index (κ3) is 3.90. The van der Waals surface area contributed by atoms with Crippen LogP contribution in [0.1, 0.15) is 22.4 Å². The van der Waals surface area contributed by atoms with Crippen LogP contribution >= 0.6 is 0 Å². The molecule has 0 aliphatic carbocycles. The Bertz CT molecular complexity index is 792. The number of hydrogen-bond acceptors (Lipinski definition) is 3. The fourth-order valence-corrected chi connectivity index (χ4v) is 2.51. The van der Waals surface area contributed by atoms with Crippen molar-refractivity contribution in [1.82, 2.24) is 14.8 Å². The molecule has 4 heteroatoms. The first kappa shape index (κ1) is 16.0. The van der Waals surface area contributed by atoms with Gasteiger partial charge in [-0.1, -0.05) is 43.0 Å². The highest BCUT2D eigenvalue weighted by Crippen LogP contribution is 2.13. The Morgan fingerprint density at radius 3 is 2.67 bits per heavy atom. The highest BCUT2D eigenvalue weighted by Gasteiger charge is 2.07. The van der Waals surface area contributed by atoms with Crippen LogP contribution in [0.2, 0.25) is 0 Å². The van der Waals surface area contributed by atoms with Crippen molar-refractivity contribution in [2.24, 2.45) is 0 Å². The minimum absolute atomic E-state index is 0.582. The number of benzene rings is 1. The van der Waals surface area contributed by atoms with Crippen molar-refractivity contribution in [1.29, 1.82) is 0 Å². The van der Waals surface area contributed by atoms with Crippen LogP contribution in [0.3, 0.4) is 0 Å². The molecule has 0 aliphatic heterocycles. The minimum Gasteiger partial charge on any atom is -0.477 e. The number of aromatic nitrogens is 3. The third-order valence-corrected chi connectivity index (χ3v) is 4.00. The van der Waals surface area contributed by atoms with Crippen molar-refractivity contribution in [3.63, 3.8) is 0 Å². The molecule has 0 fully saturated rings. The Balaban J connectivity index is 1.56. The van der Waals surface area contributed by atoms with Crippen LogP contribution in [0.5, 0.6) is 5.88 Å². The molecule has 0 saturated heterocycles. The van der Waals surface area contributed by atoms with E-state index in [-0.39, 0.29) is 0 Å². The van der Waals surface area contributed by atoms with Gasteiger partial charge in [-0.3, -0.25) is 4.68 Å². The normalized spacial score (nSPS) is 10.5. The van der Waals surface area contributed by atoms with Gasteiger partial charge < -0.3 is 4.74 Å². The zero-order valence-corrected chi connectivity index (χ0v) is 13.9. The molecule has 1 aromatic carbocycles. The van der Waals surface area contributed by atoms with Gasteiger partial charge in [-0.25, -0.2) is 4.98 Å². The van der Waals surface area contributed by atoms with E-state index in [9.17, 15) is 0 Å². The molecule has 0 spiro atoms. The van der Waals surface area contributed by atoms with E-state index in [4.69, 9.17) is 4.74 Å². The summed E-state index contributed by atoms with van der Waals surface area (Å²) in [4.78, 5) is 4.25. The second-order valence-electron chi connectivity index (χ2n) is 5.63. The molecule has 2 heterocycles. The van der Waals surface area contributed by atoms with Gasteiger partial charge in [-0.05, 0) is 29.7 Å². The molecule has 0 aliphatic rings. The van der Waals surface area contributed by atoms with Crippen molar-refractivity contribution in [3.8, 4) is 5.88 Å². The van der Waals surface area contributed by atoms with Crippen LogP contribution in [-0.4, -0.2) is 21.4 Å². The number of pyridine rings is 1. The van der Waals surface area contributed by atoms with E-state index in [2.05, 4.69) is 35.7 Å². The number of nitrogens with zero attached hydrogens (tertiary/aromatic N) is 3. The van der Waals surface area contributed by atoms with Gasteiger partial charge in [-0.15, -0.1) is 0 Å². The molecular weight excluding hydrogens is 298 g/mol. The van der Waals surface area contributed by atoms with Crippen molar-refractivity contribution >= 4 is 6.08 Å². The standard InChI is InChI=1S/C20H21N3O/c1-3-17-9-10-20(21-13-17)24-12-11-19-14-22-23(16(19)2)15-18-7-5-4-6-8-18/h3-10,13-14H,1,11-12,15H2,2H3. The van der Waals surface area contributed by atoms with Crippen LogP contribution in [0.15, 0.2) is 61.4 Å². The lowest BCUT2D eigenvalue weighted by Crippen LogP contribution is -2.06. The maximum atomic E-state index is 5.71.